The zero-order valence-corrected chi connectivity index (χ0v) is 9.98. The fourth-order valence-electron chi connectivity index (χ4n) is 1.10. The molecule has 0 N–H and O–H groups in total. The Balaban J connectivity index is 3.24. The van der Waals surface area contributed by atoms with Crippen molar-refractivity contribution < 1.29 is 8.42 Å². The number of rotatable bonds is 2. The van der Waals surface area contributed by atoms with Gasteiger partial charge in [-0.25, -0.2) is 8.42 Å². The minimum atomic E-state index is -3.60. The van der Waals surface area contributed by atoms with Gasteiger partial charge in [-0.05, 0) is 26.3 Å². The van der Waals surface area contributed by atoms with Crippen molar-refractivity contribution in [3.05, 3.63) is 35.4 Å². The van der Waals surface area contributed by atoms with Gasteiger partial charge in [0.05, 0.1) is 0 Å². The first-order chi connectivity index (χ1) is 6.25. The SMILES string of the molecule is Cc1ccc(C(C)(C)S(=O)(=O)Cl)cc1. The first-order valence-electron chi connectivity index (χ1n) is 4.26. The lowest BCUT2D eigenvalue weighted by Gasteiger charge is -2.21. The van der Waals surface area contributed by atoms with E-state index in [4.69, 9.17) is 10.7 Å². The van der Waals surface area contributed by atoms with E-state index >= 15 is 0 Å². The number of halogens is 1. The third-order valence-electron chi connectivity index (χ3n) is 2.36. The summed E-state index contributed by atoms with van der Waals surface area (Å²) in [6.45, 7) is 5.14. The average molecular weight is 233 g/mol. The Labute approximate surface area is 89.3 Å². The van der Waals surface area contributed by atoms with Crippen LogP contribution in [0.3, 0.4) is 0 Å². The van der Waals surface area contributed by atoms with Gasteiger partial charge in [-0.15, -0.1) is 0 Å². The fourth-order valence-corrected chi connectivity index (χ4v) is 1.78. The van der Waals surface area contributed by atoms with E-state index in [1.165, 1.54) is 0 Å². The molecule has 0 fully saturated rings. The number of aryl methyl sites for hydroxylation is 1. The van der Waals surface area contributed by atoms with Gasteiger partial charge in [0.25, 0.3) is 0 Å². The van der Waals surface area contributed by atoms with Crippen LogP contribution in [0.25, 0.3) is 0 Å². The molecule has 0 atom stereocenters. The third kappa shape index (κ3) is 2.10. The Morgan fingerprint density at radius 1 is 1.14 bits per heavy atom. The van der Waals surface area contributed by atoms with Gasteiger partial charge < -0.3 is 0 Å². The fraction of sp³-hybridized carbons (Fsp3) is 0.400. The molecule has 0 saturated carbocycles. The Morgan fingerprint density at radius 2 is 1.57 bits per heavy atom. The lowest BCUT2D eigenvalue weighted by atomic mass is 10.0. The molecule has 0 heterocycles. The molecule has 2 nitrogen and oxygen atoms in total. The van der Waals surface area contributed by atoms with E-state index in [0.29, 0.717) is 5.56 Å². The van der Waals surface area contributed by atoms with E-state index < -0.39 is 13.8 Å². The summed E-state index contributed by atoms with van der Waals surface area (Å²) in [5.74, 6) is 0. The molecule has 4 heteroatoms. The lowest BCUT2D eigenvalue weighted by molar-refractivity contribution is 0.570. The lowest BCUT2D eigenvalue weighted by Crippen LogP contribution is -2.24. The second-order valence-electron chi connectivity index (χ2n) is 3.81. The Bertz CT molecular complexity index is 418. The molecular weight excluding hydrogens is 220 g/mol. The van der Waals surface area contributed by atoms with Crippen LogP contribution in [0.4, 0.5) is 0 Å². The van der Waals surface area contributed by atoms with Gasteiger partial charge in [0.15, 0.2) is 0 Å². The largest absolute Gasteiger partial charge is 0.241 e. The molecule has 0 aliphatic rings. The average Bonchev–Trinajstić information content (AvgIpc) is 2.03. The molecule has 0 spiro atoms. The van der Waals surface area contributed by atoms with Crippen molar-refractivity contribution in [3.63, 3.8) is 0 Å². The van der Waals surface area contributed by atoms with Gasteiger partial charge in [0.1, 0.15) is 4.75 Å². The van der Waals surface area contributed by atoms with E-state index in [1.807, 2.05) is 19.1 Å². The highest BCUT2D eigenvalue weighted by Crippen LogP contribution is 2.32. The molecule has 0 aliphatic carbocycles. The van der Waals surface area contributed by atoms with Crippen molar-refractivity contribution in [3.8, 4) is 0 Å². The van der Waals surface area contributed by atoms with Crippen LogP contribution in [0.15, 0.2) is 24.3 Å². The van der Waals surface area contributed by atoms with Crippen LogP contribution < -0.4 is 0 Å². The van der Waals surface area contributed by atoms with Crippen LogP contribution >= 0.6 is 10.7 Å². The van der Waals surface area contributed by atoms with Crippen molar-refractivity contribution in [2.45, 2.75) is 25.5 Å². The molecule has 0 unspecified atom stereocenters. The minimum absolute atomic E-state index is 0.707. The molecule has 78 valence electrons. The van der Waals surface area contributed by atoms with Crippen LogP contribution in [-0.4, -0.2) is 8.42 Å². The summed E-state index contributed by atoms with van der Waals surface area (Å²) in [5.41, 5.74) is 1.80. The van der Waals surface area contributed by atoms with Crippen LogP contribution in [0.1, 0.15) is 25.0 Å². The number of benzene rings is 1. The Hall–Kier alpha value is -0.540. The van der Waals surface area contributed by atoms with Crippen LogP contribution in [0, 0.1) is 6.92 Å². The van der Waals surface area contributed by atoms with Gasteiger partial charge in [-0.2, -0.15) is 0 Å². The predicted molar refractivity (Wildman–Crippen MR) is 59.0 cm³/mol. The quantitative estimate of drug-likeness (QED) is 0.735. The molecule has 1 aromatic rings. The molecule has 0 radical (unpaired) electrons. The zero-order valence-electron chi connectivity index (χ0n) is 8.41. The number of hydrogen-bond donors (Lipinski definition) is 0. The predicted octanol–water partition coefficient (Wildman–Crippen LogP) is 2.80. The highest BCUT2D eigenvalue weighted by atomic mass is 35.7. The second kappa shape index (κ2) is 3.55. The van der Waals surface area contributed by atoms with E-state index in [1.54, 1.807) is 26.0 Å². The van der Waals surface area contributed by atoms with Gasteiger partial charge in [0.2, 0.25) is 9.05 Å². The summed E-state index contributed by atoms with van der Waals surface area (Å²) < 4.78 is 21.6. The van der Waals surface area contributed by atoms with Crippen molar-refractivity contribution in [1.29, 1.82) is 0 Å². The first-order valence-corrected chi connectivity index (χ1v) is 6.57. The molecule has 0 aliphatic heterocycles. The highest BCUT2D eigenvalue weighted by molar-refractivity contribution is 8.14. The smallest absolute Gasteiger partial charge is 0.211 e. The van der Waals surface area contributed by atoms with Gasteiger partial charge in [-0.3, -0.25) is 0 Å². The molecular formula is C10H13ClO2S. The maximum atomic E-state index is 11.3. The van der Waals surface area contributed by atoms with Crippen molar-refractivity contribution >= 4 is 19.7 Å². The normalized spacial score (nSPS) is 12.9. The highest BCUT2D eigenvalue weighted by Gasteiger charge is 2.34. The molecule has 1 rings (SSSR count). The summed E-state index contributed by atoms with van der Waals surface area (Å²) in [6.07, 6.45) is 0. The van der Waals surface area contributed by atoms with E-state index in [2.05, 4.69) is 0 Å². The van der Waals surface area contributed by atoms with Crippen LogP contribution in [0.2, 0.25) is 0 Å². The molecule has 0 bridgehead atoms. The molecule has 14 heavy (non-hydrogen) atoms. The van der Waals surface area contributed by atoms with Crippen molar-refractivity contribution in [2.24, 2.45) is 0 Å². The van der Waals surface area contributed by atoms with Gasteiger partial charge in [0, 0.05) is 10.7 Å². The van der Waals surface area contributed by atoms with Crippen LogP contribution in [0.5, 0.6) is 0 Å². The zero-order chi connectivity index (χ0) is 11.0. The van der Waals surface area contributed by atoms with Crippen LogP contribution in [-0.2, 0) is 13.8 Å². The molecule has 0 aromatic heterocycles. The summed E-state index contributed by atoms with van der Waals surface area (Å²) in [6, 6.07) is 7.32. The molecule has 0 amide bonds. The van der Waals surface area contributed by atoms with E-state index in [0.717, 1.165) is 5.56 Å². The summed E-state index contributed by atoms with van der Waals surface area (Å²) in [5, 5.41) is 0. The summed E-state index contributed by atoms with van der Waals surface area (Å²) >= 11 is 0. The Morgan fingerprint density at radius 3 is 1.93 bits per heavy atom. The minimum Gasteiger partial charge on any atom is -0.211 e. The van der Waals surface area contributed by atoms with Crippen molar-refractivity contribution in [1.82, 2.24) is 0 Å². The van der Waals surface area contributed by atoms with Crippen molar-refractivity contribution in [2.75, 3.05) is 0 Å². The van der Waals surface area contributed by atoms with E-state index in [-0.39, 0.29) is 0 Å². The number of hydrogen-bond acceptors (Lipinski definition) is 2. The molecule has 0 saturated heterocycles. The Kier molecular flexibility index (Phi) is 2.93. The maximum Gasteiger partial charge on any atom is 0.241 e. The molecule has 1 aromatic carbocycles. The second-order valence-corrected chi connectivity index (χ2v) is 6.93. The summed E-state index contributed by atoms with van der Waals surface area (Å²) in [7, 11) is 1.78. The summed E-state index contributed by atoms with van der Waals surface area (Å²) in [4.78, 5) is 0. The van der Waals surface area contributed by atoms with E-state index in [9.17, 15) is 8.42 Å². The first kappa shape index (κ1) is 11.5. The van der Waals surface area contributed by atoms with Gasteiger partial charge in [-0.1, -0.05) is 29.8 Å². The third-order valence-corrected chi connectivity index (χ3v) is 4.97. The maximum absolute atomic E-state index is 11.3. The topological polar surface area (TPSA) is 34.1 Å². The standard InChI is InChI=1S/C10H13ClO2S/c1-8-4-6-9(7-5-8)10(2,3)14(11,12)13/h4-7H,1-3H3. The van der Waals surface area contributed by atoms with Gasteiger partial charge >= 0.3 is 0 Å². The monoisotopic (exact) mass is 232 g/mol.